The summed E-state index contributed by atoms with van der Waals surface area (Å²) in [5.41, 5.74) is 2.04. The van der Waals surface area contributed by atoms with Gasteiger partial charge in [0.2, 0.25) is 0 Å². The maximum absolute atomic E-state index is 13.0. The number of carbonyl (C=O) groups is 1. The zero-order valence-electron chi connectivity index (χ0n) is 27.8. The number of nitrogens with one attached hydrogen (secondary N) is 1. The van der Waals surface area contributed by atoms with E-state index in [0.717, 1.165) is 25.8 Å². The van der Waals surface area contributed by atoms with E-state index in [1.54, 1.807) is 7.11 Å². The average Bonchev–Trinajstić information content (AvgIpc) is 2.90. The molecule has 0 bridgehead atoms. The molecular weight excluding hydrogens is 484 g/mol. The van der Waals surface area contributed by atoms with E-state index >= 15 is 0 Å². The first kappa shape index (κ1) is 39.5. The summed E-state index contributed by atoms with van der Waals surface area (Å²) in [6, 6.07) is 0.915. The van der Waals surface area contributed by atoms with Gasteiger partial charge < -0.3 is 14.8 Å². The molecule has 6 unspecified atom stereocenters. The van der Waals surface area contributed by atoms with Crippen molar-refractivity contribution in [1.29, 1.82) is 0 Å². The van der Waals surface area contributed by atoms with Crippen LogP contribution in [0, 0.1) is 5.92 Å². The van der Waals surface area contributed by atoms with Crippen LogP contribution in [0.1, 0.15) is 109 Å². The quantitative estimate of drug-likeness (QED) is 0.143. The van der Waals surface area contributed by atoms with Crippen molar-refractivity contribution >= 4 is 5.91 Å². The molecule has 1 rings (SSSR count). The molecule has 1 saturated heterocycles. The first-order valence-electron chi connectivity index (χ1n) is 15.5. The number of allylic oxidation sites excluding steroid dienone is 2. The first-order valence-corrected chi connectivity index (χ1v) is 15.5. The van der Waals surface area contributed by atoms with E-state index in [4.69, 9.17) is 9.47 Å². The lowest BCUT2D eigenvalue weighted by Crippen LogP contribution is -2.51. The molecule has 1 amide bonds. The van der Waals surface area contributed by atoms with Crippen LogP contribution in [0.15, 0.2) is 47.6 Å². The van der Waals surface area contributed by atoms with Crippen LogP contribution in [0.5, 0.6) is 0 Å². The van der Waals surface area contributed by atoms with Crippen LogP contribution < -0.4 is 5.32 Å². The second-order valence-corrected chi connectivity index (χ2v) is 10.2. The average molecular weight is 549 g/mol. The van der Waals surface area contributed by atoms with Gasteiger partial charge in [0.1, 0.15) is 0 Å². The molecule has 6 atom stereocenters. The highest BCUT2D eigenvalue weighted by molar-refractivity contribution is 5.96. The molecule has 1 N–H and O–H groups in total. The summed E-state index contributed by atoms with van der Waals surface area (Å²) in [6.07, 6.45) is 16.5. The predicted molar refractivity (Wildman–Crippen MR) is 171 cm³/mol. The lowest BCUT2D eigenvalue weighted by molar-refractivity contribution is -0.118. The van der Waals surface area contributed by atoms with Crippen molar-refractivity contribution in [1.82, 2.24) is 10.2 Å². The number of piperidine rings is 1. The number of hydrogen-bond donors (Lipinski definition) is 1. The third-order valence-corrected chi connectivity index (χ3v) is 6.79. The number of hydrogen-bond acceptors (Lipinski definition) is 4. The van der Waals surface area contributed by atoms with E-state index in [9.17, 15) is 4.79 Å². The maximum atomic E-state index is 13.0. The number of methoxy groups -OCH3 is 1. The number of amides is 1. The molecule has 39 heavy (non-hydrogen) atoms. The Labute approximate surface area is 243 Å². The number of nitrogens with zero attached hydrogens (tertiary/aromatic N) is 1. The summed E-state index contributed by atoms with van der Waals surface area (Å²) in [5, 5.41) is 3.28. The summed E-state index contributed by atoms with van der Waals surface area (Å²) in [5.74, 6) is 0.324. The van der Waals surface area contributed by atoms with Crippen LogP contribution in [-0.2, 0) is 14.3 Å². The highest BCUT2D eigenvalue weighted by Gasteiger charge is 2.29. The van der Waals surface area contributed by atoms with Crippen LogP contribution in [0.25, 0.3) is 0 Å². The smallest absolute Gasteiger partial charge is 0.251 e. The van der Waals surface area contributed by atoms with Crippen LogP contribution in [0.4, 0.5) is 0 Å². The molecular formula is C34H64N2O3. The normalized spacial score (nSPS) is 21.9. The largest absolute Gasteiger partial charge is 0.377 e. The van der Waals surface area contributed by atoms with Gasteiger partial charge in [-0.3, -0.25) is 9.69 Å². The summed E-state index contributed by atoms with van der Waals surface area (Å²) in [6.45, 7) is 26.9. The minimum atomic E-state index is -0.0863. The Hall–Kier alpha value is -1.69. The van der Waals surface area contributed by atoms with Gasteiger partial charge in [0.05, 0.1) is 12.2 Å². The number of ether oxygens (including phenoxy) is 2. The van der Waals surface area contributed by atoms with Crippen LogP contribution >= 0.6 is 0 Å². The number of likely N-dealkylation sites (tertiary alicyclic amines) is 1. The minimum absolute atomic E-state index is 0.00546. The fraction of sp³-hybridized carbons (Fsp3) is 0.735. The van der Waals surface area contributed by atoms with E-state index in [0.29, 0.717) is 30.2 Å². The Morgan fingerprint density at radius 1 is 1.10 bits per heavy atom. The Kier molecular flexibility index (Phi) is 24.4. The van der Waals surface area contributed by atoms with Crippen LogP contribution in [0.3, 0.4) is 0 Å². The van der Waals surface area contributed by atoms with Crippen molar-refractivity contribution in [3.05, 3.63) is 47.6 Å². The van der Waals surface area contributed by atoms with Crippen molar-refractivity contribution < 1.29 is 14.3 Å². The molecule has 1 fully saturated rings. The molecule has 0 aliphatic carbocycles. The van der Waals surface area contributed by atoms with Gasteiger partial charge in [0, 0.05) is 49.9 Å². The third kappa shape index (κ3) is 16.2. The summed E-state index contributed by atoms with van der Waals surface area (Å²) in [4.78, 5) is 15.6. The molecule has 0 aromatic carbocycles. The standard InChI is InChI=1S/C29H50N2O3.C3H8.C2H6/c1-10-13-15-26(20-24(7)34-12-3)29(32)30-27-16-17-31(23(6)19-27)22(5)18-21(4)25(8)28(33-9)14-11-2;1-3-2;1-2/h11,13-15,18,20,22-25,27-28H,10,12,16-17,19H2,1-9H3,(H,30,32);3H2,1-2H3;1-2H3/b14-11-,15-13-,21-18+,26-20+;;. The molecule has 0 spiro atoms. The summed E-state index contributed by atoms with van der Waals surface area (Å²) >= 11 is 0. The number of carbonyl (C=O) groups excluding carboxylic acids is 1. The third-order valence-electron chi connectivity index (χ3n) is 6.79. The molecule has 0 aromatic heterocycles. The predicted octanol–water partition coefficient (Wildman–Crippen LogP) is 8.28. The van der Waals surface area contributed by atoms with Crippen molar-refractivity contribution in [3.63, 3.8) is 0 Å². The Morgan fingerprint density at radius 2 is 1.72 bits per heavy atom. The molecule has 5 nitrogen and oxygen atoms in total. The molecule has 0 aromatic rings. The SMILES string of the molecule is C/C=C\C(OC)C(C)/C(C)=C/C(C)N1CCC(NC(=O)C(/C=C\CC)=C/C(C)OCC)CC1C.CC.CCC. The maximum Gasteiger partial charge on any atom is 0.251 e. The highest BCUT2D eigenvalue weighted by atomic mass is 16.5. The minimum Gasteiger partial charge on any atom is -0.377 e. The molecule has 1 aliphatic rings. The Bertz CT molecular complexity index is 741. The summed E-state index contributed by atoms with van der Waals surface area (Å²) < 4.78 is 11.3. The molecule has 1 heterocycles. The monoisotopic (exact) mass is 548 g/mol. The zero-order valence-corrected chi connectivity index (χ0v) is 27.8. The lowest BCUT2D eigenvalue weighted by Gasteiger charge is -2.41. The van der Waals surface area contributed by atoms with Crippen molar-refractivity contribution in [3.8, 4) is 0 Å². The van der Waals surface area contributed by atoms with Gasteiger partial charge in [-0.1, -0.05) is 83.9 Å². The van der Waals surface area contributed by atoms with Gasteiger partial charge in [-0.2, -0.15) is 0 Å². The van der Waals surface area contributed by atoms with E-state index in [2.05, 4.69) is 76.9 Å². The second kappa shape index (κ2) is 24.1. The van der Waals surface area contributed by atoms with E-state index < -0.39 is 0 Å². The topological polar surface area (TPSA) is 50.8 Å². The fourth-order valence-electron chi connectivity index (χ4n) is 4.74. The Balaban J connectivity index is 0. The van der Waals surface area contributed by atoms with E-state index in [1.165, 1.54) is 12.0 Å². The second-order valence-electron chi connectivity index (χ2n) is 10.2. The van der Waals surface area contributed by atoms with Gasteiger partial charge in [-0.25, -0.2) is 0 Å². The molecule has 1 aliphatic heterocycles. The van der Waals surface area contributed by atoms with Gasteiger partial charge >= 0.3 is 0 Å². The van der Waals surface area contributed by atoms with Crippen LogP contribution in [-0.4, -0.2) is 61.4 Å². The van der Waals surface area contributed by atoms with Gasteiger partial charge in [-0.05, 0) is 66.9 Å². The highest BCUT2D eigenvalue weighted by Crippen LogP contribution is 2.24. The zero-order chi connectivity index (χ0) is 30.4. The molecule has 0 saturated carbocycles. The van der Waals surface area contributed by atoms with E-state index in [-0.39, 0.29) is 24.2 Å². The van der Waals surface area contributed by atoms with Crippen molar-refractivity contribution in [2.24, 2.45) is 5.92 Å². The first-order chi connectivity index (χ1) is 18.6. The molecule has 228 valence electrons. The van der Waals surface area contributed by atoms with Crippen LogP contribution in [0.2, 0.25) is 0 Å². The van der Waals surface area contributed by atoms with E-state index in [1.807, 2.05) is 52.8 Å². The van der Waals surface area contributed by atoms with Crippen molar-refractivity contribution in [2.45, 2.75) is 139 Å². The fourth-order valence-corrected chi connectivity index (χ4v) is 4.74. The van der Waals surface area contributed by atoms with Gasteiger partial charge in [-0.15, -0.1) is 0 Å². The summed E-state index contributed by atoms with van der Waals surface area (Å²) in [7, 11) is 1.77. The molecule has 0 radical (unpaired) electrons. The Morgan fingerprint density at radius 3 is 2.21 bits per heavy atom. The van der Waals surface area contributed by atoms with Gasteiger partial charge in [0.15, 0.2) is 0 Å². The van der Waals surface area contributed by atoms with Gasteiger partial charge in [0.25, 0.3) is 5.91 Å². The molecule has 5 heteroatoms. The van der Waals surface area contributed by atoms with Crippen molar-refractivity contribution in [2.75, 3.05) is 20.3 Å². The lowest BCUT2D eigenvalue weighted by atomic mass is 9.92. The number of rotatable bonds is 13.